The van der Waals surface area contributed by atoms with Gasteiger partial charge in [-0.3, -0.25) is 9.09 Å². The summed E-state index contributed by atoms with van der Waals surface area (Å²) in [5.74, 6) is 0.00566. The van der Waals surface area contributed by atoms with Crippen LogP contribution in [-0.4, -0.2) is 39.6 Å². The molecule has 8 nitrogen and oxygen atoms in total. The molecule has 0 amide bonds. The maximum atomic E-state index is 15.2. The fraction of sp³-hybridized carbons (Fsp3) is 0.667. The first-order valence-electron chi connectivity index (χ1n) is 7.12. The molecule has 0 unspecified atom stereocenters. The summed E-state index contributed by atoms with van der Waals surface area (Å²) in [6, 6.07) is 1.34. The molecule has 0 aromatic carbocycles. The molecule has 2 N–H and O–H groups in total. The van der Waals surface area contributed by atoms with Crippen molar-refractivity contribution in [3.05, 3.63) is 22.7 Å². The Labute approximate surface area is 147 Å². The summed E-state index contributed by atoms with van der Waals surface area (Å²) in [6.45, 7) is 0.301. The quantitative estimate of drug-likeness (QED) is 0.605. The highest BCUT2D eigenvalue weighted by molar-refractivity contribution is 8.07. The average Bonchev–Trinajstić information content (AvgIpc) is 2.69. The molecule has 0 bridgehead atoms. The summed E-state index contributed by atoms with van der Waals surface area (Å²) in [4.78, 5) is 15.5. The number of alkyl halides is 2. The van der Waals surface area contributed by atoms with E-state index < -0.39 is 36.0 Å². The van der Waals surface area contributed by atoms with Crippen molar-refractivity contribution in [2.75, 3.05) is 12.3 Å². The first-order valence-corrected chi connectivity index (χ1v) is 10.0. The summed E-state index contributed by atoms with van der Waals surface area (Å²) in [6.07, 6.45) is -2.55. The fourth-order valence-electron chi connectivity index (χ4n) is 2.48. The van der Waals surface area contributed by atoms with Crippen molar-refractivity contribution in [2.45, 2.75) is 43.5 Å². The van der Waals surface area contributed by atoms with E-state index in [1.165, 1.54) is 12.3 Å². The second-order valence-corrected chi connectivity index (χ2v) is 9.16. The molecule has 3 rings (SSSR count). The molecule has 0 aliphatic carbocycles. The van der Waals surface area contributed by atoms with Gasteiger partial charge in [-0.25, -0.2) is 9.18 Å². The molecule has 0 saturated carbocycles. The first kappa shape index (κ1) is 18.2. The maximum Gasteiger partial charge on any atom is 0.351 e. The van der Waals surface area contributed by atoms with Crippen LogP contribution >= 0.6 is 18.3 Å². The minimum Gasteiger partial charge on any atom is -0.383 e. The molecule has 3 heterocycles. The average molecular weight is 400 g/mol. The number of anilines is 1. The molecule has 24 heavy (non-hydrogen) atoms. The van der Waals surface area contributed by atoms with E-state index in [-0.39, 0.29) is 18.5 Å². The van der Waals surface area contributed by atoms with Crippen molar-refractivity contribution in [1.29, 1.82) is 0 Å². The second kappa shape index (κ2) is 6.28. The van der Waals surface area contributed by atoms with Gasteiger partial charge in [-0.2, -0.15) is 4.98 Å². The van der Waals surface area contributed by atoms with Gasteiger partial charge >= 0.3 is 12.4 Å². The molecule has 2 aliphatic heterocycles. The van der Waals surface area contributed by atoms with Gasteiger partial charge in [0, 0.05) is 6.20 Å². The lowest BCUT2D eigenvalue weighted by Gasteiger charge is -2.35. The SMILES string of the molecule is CC(C)O[P@]1(=S)OC[C@H]2O[C@@H](n3ccc(N)nc3=O)[C@@](F)(Cl)[C@@H]2O1. The van der Waals surface area contributed by atoms with Crippen LogP contribution in [0, 0.1) is 0 Å². The highest BCUT2D eigenvalue weighted by atomic mass is 35.5. The van der Waals surface area contributed by atoms with Crippen molar-refractivity contribution in [3.8, 4) is 0 Å². The van der Waals surface area contributed by atoms with Crippen molar-refractivity contribution in [2.24, 2.45) is 0 Å². The van der Waals surface area contributed by atoms with E-state index in [0.29, 0.717) is 0 Å². The number of nitrogens with two attached hydrogens (primary N) is 1. The zero-order chi connectivity index (χ0) is 17.7. The lowest BCUT2D eigenvalue weighted by Crippen LogP contribution is -2.44. The zero-order valence-electron chi connectivity index (χ0n) is 12.8. The van der Waals surface area contributed by atoms with E-state index >= 15 is 4.39 Å². The number of rotatable bonds is 3. The topological polar surface area (TPSA) is 97.8 Å². The molecule has 134 valence electrons. The molecule has 2 aliphatic rings. The third-order valence-electron chi connectivity index (χ3n) is 3.43. The number of nitrogens with zero attached hydrogens (tertiary/aromatic N) is 2. The highest BCUT2D eigenvalue weighted by Crippen LogP contribution is 2.61. The number of nitrogen functional groups attached to an aromatic ring is 1. The van der Waals surface area contributed by atoms with Crippen molar-refractivity contribution in [3.63, 3.8) is 0 Å². The van der Waals surface area contributed by atoms with E-state index in [1.807, 2.05) is 0 Å². The monoisotopic (exact) mass is 399 g/mol. The van der Waals surface area contributed by atoms with Crippen LogP contribution in [0.15, 0.2) is 17.1 Å². The van der Waals surface area contributed by atoms with E-state index in [1.54, 1.807) is 13.8 Å². The van der Waals surface area contributed by atoms with Gasteiger partial charge in [-0.05, 0) is 31.7 Å². The van der Waals surface area contributed by atoms with Crippen LogP contribution in [0.3, 0.4) is 0 Å². The summed E-state index contributed by atoms with van der Waals surface area (Å²) < 4.78 is 38.1. The van der Waals surface area contributed by atoms with Crippen LogP contribution in [-0.2, 0) is 30.1 Å². The standard InChI is InChI=1S/C12H16ClFN3O5PS/c1-6(2)21-23(24)19-5-7-9(22-23)12(13,14)10(20-7)17-4-3-8(15)16-11(17)18/h3-4,6-7,9-10H,5H2,1-2H3,(H2,15,16,18)/t7-,9-,10-,12-,23-/m1/s1. The predicted octanol–water partition coefficient (Wildman–Crippen LogP) is 1.69. The largest absolute Gasteiger partial charge is 0.383 e. The van der Waals surface area contributed by atoms with Crippen LogP contribution in [0.2, 0.25) is 0 Å². The first-order chi connectivity index (χ1) is 11.1. The van der Waals surface area contributed by atoms with E-state index in [2.05, 4.69) is 4.98 Å². The molecular formula is C12H16ClFN3O5PS. The summed E-state index contributed by atoms with van der Waals surface area (Å²) in [5, 5.41) is -2.56. The molecule has 5 atom stereocenters. The second-order valence-electron chi connectivity index (χ2n) is 5.67. The fourth-order valence-corrected chi connectivity index (χ4v) is 5.45. The molecule has 2 saturated heterocycles. The van der Waals surface area contributed by atoms with Gasteiger partial charge in [0.15, 0.2) is 6.23 Å². The van der Waals surface area contributed by atoms with Crippen LogP contribution in [0.1, 0.15) is 20.1 Å². The van der Waals surface area contributed by atoms with Gasteiger partial charge in [0.1, 0.15) is 18.0 Å². The van der Waals surface area contributed by atoms with Crippen LogP contribution in [0.4, 0.5) is 10.2 Å². The minimum atomic E-state index is -3.15. The zero-order valence-corrected chi connectivity index (χ0v) is 15.3. The van der Waals surface area contributed by atoms with Crippen LogP contribution < -0.4 is 11.4 Å². The third kappa shape index (κ3) is 3.24. The normalized spacial score (nSPS) is 39.1. The molecular weight excluding hydrogens is 384 g/mol. The summed E-state index contributed by atoms with van der Waals surface area (Å²) >= 11 is 11.3. The van der Waals surface area contributed by atoms with Crippen molar-refractivity contribution in [1.82, 2.24) is 9.55 Å². The number of ether oxygens (including phenoxy) is 1. The predicted molar refractivity (Wildman–Crippen MR) is 87.8 cm³/mol. The Morgan fingerprint density at radius 2 is 2.38 bits per heavy atom. The Hall–Kier alpha value is -0.610. The Bertz CT molecular complexity index is 748. The molecule has 0 radical (unpaired) electrons. The van der Waals surface area contributed by atoms with E-state index in [4.69, 9.17) is 47.4 Å². The van der Waals surface area contributed by atoms with Gasteiger partial charge in [0.25, 0.3) is 5.13 Å². The molecule has 1 aromatic rings. The lowest BCUT2D eigenvalue weighted by atomic mass is 10.1. The molecule has 2 fully saturated rings. The number of aromatic nitrogens is 2. The van der Waals surface area contributed by atoms with Gasteiger partial charge in [0.2, 0.25) is 0 Å². The van der Waals surface area contributed by atoms with Gasteiger partial charge < -0.3 is 19.5 Å². The smallest absolute Gasteiger partial charge is 0.351 e. The Morgan fingerprint density at radius 3 is 3.00 bits per heavy atom. The Balaban J connectivity index is 1.90. The Morgan fingerprint density at radius 1 is 1.67 bits per heavy atom. The number of hydrogen-bond acceptors (Lipinski definition) is 8. The number of fused-ring (bicyclic) bond motifs is 1. The highest BCUT2D eigenvalue weighted by Gasteiger charge is 2.62. The van der Waals surface area contributed by atoms with Gasteiger partial charge in [-0.15, -0.1) is 0 Å². The number of hydrogen-bond donors (Lipinski definition) is 1. The third-order valence-corrected chi connectivity index (χ3v) is 6.30. The summed E-state index contributed by atoms with van der Waals surface area (Å²) in [7, 11) is 0. The van der Waals surface area contributed by atoms with Gasteiger partial charge in [-0.1, -0.05) is 11.6 Å². The van der Waals surface area contributed by atoms with E-state index in [0.717, 1.165) is 4.57 Å². The minimum absolute atomic E-state index is 0.00566. The van der Waals surface area contributed by atoms with Crippen LogP contribution in [0.25, 0.3) is 0 Å². The number of halogens is 2. The summed E-state index contributed by atoms with van der Waals surface area (Å²) in [5.41, 5.74) is 4.64. The lowest BCUT2D eigenvalue weighted by molar-refractivity contribution is -0.0656. The van der Waals surface area contributed by atoms with Crippen molar-refractivity contribution < 1.29 is 22.7 Å². The van der Waals surface area contributed by atoms with E-state index in [9.17, 15) is 4.79 Å². The maximum absolute atomic E-state index is 15.2. The Kier molecular flexibility index (Phi) is 4.76. The van der Waals surface area contributed by atoms with Crippen molar-refractivity contribution >= 4 is 35.9 Å². The molecule has 0 spiro atoms. The molecule has 12 heteroatoms. The van der Waals surface area contributed by atoms with Gasteiger partial charge in [0.05, 0.1) is 12.7 Å². The van der Waals surface area contributed by atoms with Crippen LogP contribution in [0.5, 0.6) is 0 Å². The molecule has 1 aromatic heterocycles.